The van der Waals surface area contributed by atoms with Gasteiger partial charge in [0.2, 0.25) is 0 Å². The van der Waals surface area contributed by atoms with Gasteiger partial charge in [0.15, 0.2) is 0 Å². The zero-order chi connectivity index (χ0) is 12.3. The van der Waals surface area contributed by atoms with Crippen molar-refractivity contribution in [1.82, 2.24) is 0 Å². The predicted molar refractivity (Wildman–Crippen MR) is 103 cm³/mol. The Balaban J connectivity index is 3.08. The van der Waals surface area contributed by atoms with E-state index in [9.17, 15) is 4.57 Å². The Labute approximate surface area is 162 Å². The molecule has 0 N–H and O–H groups in total. The highest BCUT2D eigenvalue weighted by atomic mass is 127. The molecule has 1 aromatic carbocycles. The Kier molecular flexibility index (Phi) is 7.97. The minimum Gasteiger partial charge on any atom is -0.402 e. The van der Waals surface area contributed by atoms with Crippen LogP contribution in [0.4, 0.5) is 0 Å². The summed E-state index contributed by atoms with van der Waals surface area (Å²) in [4.78, 5) is 0. The molecule has 1 rings (SSSR count). The molecule has 16 heavy (non-hydrogen) atoms. The van der Waals surface area contributed by atoms with Gasteiger partial charge in [0.1, 0.15) is 51.8 Å². The molecule has 0 saturated carbocycles. The standard InChI is InChI=1S/C6H2I5O4P/c7-3-1-2-4(6(9)5(3)8)13-16(12,14-10)15-11/h1-2H. The molecule has 0 bridgehead atoms. The number of halogens is 5. The van der Waals surface area contributed by atoms with Crippen LogP contribution in [0.5, 0.6) is 5.75 Å². The lowest BCUT2D eigenvalue weighted by molar-refractivity contribution is 0.356. The minimum absolute atomic E-state index is 0.488. The quantitative estimate of drug-likeness (QED) is 0.222. The van der Waals surface area contributed by atoms with Gasteiger partial charge < -0.3 is 4.52 Å². The first kappa shape index (κ1) is 16.9. The molecule has 0 fully saturated rings. The summed E-state index contributed by atoms with van der Waals surface area (Å²) in [7, 11) is -3.50. The topological polar surface area (TPSA) is 44.8 Å². The van der Waals surface area contributed by atoms with Gasteiger partial charge in [-0.15, -0.1) is 0 Å². The maximum atomic E-state index is 11.8. The SMILES string of the molecule is O=P(OI)(OI)Oc1ccc(I)c(I)c1I. The first-order valence-electron chi connectivity index (χ1n) is 3.47. The number of hydrogen-bond donors (Lipinski definition) is 0. The van der Waals surface area contributed by atoms with Crippen LogP contribution in [-0.4, -0.2) is 0 Å². The number of hydrogen-bond acceptors (Lipinski definition) is 4. The molecule has 0 aromatic heterocycles. The predicted octanol–water partition coefficient (Wildman–Crippen LogP) is 5.72. The molecule has 0 aliphatic rings. The van der Waals surface area contributed by atoms with Gasteiger partial charge in [-0.05, 0) is 79.9 Å². The third kappa shape index (κ3) is 4.43. The monoisotopic (exact) mass is 803 g/mol. The Morgan fingerprint density at radius 1 is 1.00 bits per heavy atom. The van der Waals surface area contributed by atoms with Crippen LogP contribution in [0.2, 0.25) is 0 Å². The Morgan fingerprint density at radius 3 is 2.06 bits per heavy atom. The van der Waals surface area contributed by atoms with Crippen LogP contribution in [0.25, 0.3) is 0 Å². The number of rotatable bonds is 4. The summed E-state index contributed by atoms with van der Waals surface area (Å²) in [5.41, 5.74) is 0. The van der Waals surface area contributed by atoms with Crippen molar-refractivity contribution < 1.29 is 14.8 Å². The highest BCUT2D eigenvalue weighted by Crippen LogP contribution is 2.54. The molecule has 0 atom stereocenters. The first-order chi connectivity index (χ1) is 7.43. The van der Waals surface area contributed by atoms with Crippen molar-refractivity contribution in [3.8, 4) is 5.75 Å². The molecule has 90 valence electrons. The summed E-state index contributed by atoms with van der Waals surface area (Å²) in [5, 5.41) is 0. The Bertz CT molecular complexity index is 431. The maximum Gasteiger partial charge on any atom is 0.549 e. The molecule has 4 nitrogen and oxygen atoms in total. The zero-order valence-electron chi connectivity index (χ0n) is 7.12. The van der Waals surface area contributed by atoms with E-state index in [1.165, 1.54) is 46.0 Å². The van der Waals surface area contributed by atoms with Gasteiger partial charge in [-0.25, -0.2) is 10.3 Å². The fraction of sp³-hybridized carbons (Fsp3) is 0. The van der Waals surface area contributed by atoms with E-state index >= 15 is 0 Å². The van der Waals surface area contributed by atoms with Crippen molar-refractivity contribution in [1.29, 1.82) is 0 Å². The van der Waals surface area contributed by atoms with E-state index < -0.39 is 7.82 Å². The van der Waals surface area contributed by atoms with Crippen LogP contribution in [0.1, 0.15) is 0 Å². The lowest BCUT2D eigenvalue weighted by Crippen LogP contribution is -1.96. The van der Waals surface area contributed by atoms with Crippen LogP contribution in [-0.2, 0) is 10.3 Å². The normalized spacial score (nSPS) is 11.6. The molecule has 0 radical (unpaired) electrons. The van der Waals surface area contributed by atoms with Crippen LogP contribution >= 0.6 is 122 Å². The summed E-state index contributed by atoms with van der Waals surface area (Å²) in [5.74, 6) is 0.488. The van der Waals surface area contributed by atoms with Gasteiger partial charge in [-0.1, -0.05) is 0 Å². The van der Waals surface area contributed by atoms with Gasteiger partial charge in [0, 0.05) is 7.14 Å². The van der Waals surface area contributed by atoms with Gasteiger partial charge in [-0.3, -0.25) is 0 Å². The molecular weight excluding hydrogens is 802 g/mol. The largest absolute Gasteiger partial charge is 0.549 e. The van der Waals surface area contributed by atoms with E-state index in [2.05, 4.69) is 73.5 Å². The highest BCUT2D eigenvalue weighted by Gasteiger charge is 2.28. The van der Waals surface area contributed by atoms with E-state index in [4.69, 9.17) is 4.52 Å². The molecule has 10 heteroatoms. The fourth-order valence-electron chi connectivity index (χ4n) is 0.738. The zero-order valence-corrected chi connectivity index (χ0v) is 18.8. The van der Waals surface area contributed by atoms with Crippen LogP contribution in [0, 0.1) is 10.7 Å². The third-order valence-corrected chi connectivity index (χ3v) is 10.2. The Morgan fingerprint density at radius 2 is 1.56 bits per heavy atom. The molecular formula is C6H2I5O4P. The second kappa shape index (κ2) is 7.56. The number of phosphoric acid groups is 1. The van der Waals surface area contributed by atoms with E-state index in [-0.39, 0.29) is 0 Å². The lowest BCUT2D eigenvalue weighted by Gasteiger charge is -2.14. The molecule has 0 spiro atoms. The van der Waals surface area contributed by atoms with Crippen molar-refractivity contribution in [3.63, 3.8) is 0 Å². The summed E-state index contributed by atoms with van der Waals surface area (Å²) >= 11 is 9.54. The smallest absolute Gasteiger partial charge is 0.402 e. The van der Waals surface area contributed by atoms with Crippen molar-refractivity contribution in [2.75, 3.05) is 0 Å². The molecule has 0 amide bonds. The molecule has 0 aliphatic carbocycles. The summed E-state index contributed by atoms with van der Waals surface area (Å²) in [6.45, 7) is 0. The Hall–Kier alpha value is 2.82. The van der Waals surface area contributed by atoms with Crippen LogP contribution < -0.4 is 4.52 Å². The van der Waals surface area contributed by atoms with E-state index in [0.29, 0.717) is 5.75 Å². The summed E-state index contributed by atoms with van der Waals surface area (Å²) < 4.78 is 29.4. The van der Waals surface area contributed by atoms with Gasteiger partial charge in [0.25, 0.3) is 0 Å². The average Bonchev–Trinajstić information content (AvgIpc) is 2.30. The molecule has 1 aromatic rings. The van der Waals surface area contributed by atoms with E-state index in [1.807, 2.05) is 6.07 Å². The van der Waals surface area contributed by atoms with Crippen molar-refractivity contribution in [2.24, 2.45) is 0 Å². The van der Waals surface area contributed by atoms with Crippen molar-refractivity contribution in [2.45, 2.75) is 0 Å². The maximum absolute atomic E-state index is 11.8. The molecule has 0 aliphatic heterocycles. The average molecular weight is 804 g/mol. The van der Waals surface area contributed by atoms with Crippen molar-refractivity contribution in [3.05, 3.63) is 22.8 Å². The van der Waals surface area contributed by atoms with Gasteiger partial charge in [0.05, 0.1) is 3.57 Å². The molecule has 0 heterocycles. The highest BCUT2D eigenvalue weighted by molar-refractivity contribution is 14.1. The number of benzene rings is 1. The van der Waals surface area contributed by atoms with Crippen LogP contribution in [0.15, 0.2) is 12.1 Å². The van der Waals surface area contributed by atoms with Gasteiger partial charge >= 0.3 is 7.82 Å². The van der Waals surface area contributed by atoms with E-state index in [1.54, 1.807) is 6.07 Å². The van der Waals surface area contributed by atoms with Crippen LogP contribution in [0.3, 0.4) is 0 Å². The minimum atomic E-state index is -3.50. The summed E-state index contributed by atoms with van der Waals surface area (Å²) in [6.07, 6.45) is 0. The lowest BCUT2D eigenvalue weighted by atomic mass is 10.3. The summed E-state index contributed by atoms with van der Waals surface area (Å²) in [6, 6.07) is 3.62. The first-order valence-corrected chi connectivity index (χ1v) is 9.93. The van der Waals surface area contributed by atoms with Gasteiger partial charge in [-0.2, -0.15) is 0 Å². The fourth-order valence-corrected chi connectivity index (χ4v) is 5.26. The third-order valence-electron chi connectivity index (χ3n) is 1.38. The van der Waals surface area contributed by atoms with Crippen molar-refractivity contribution >= 4 is 122 Å². The molecule has 0 unspecified atom stereocenters. The second-order valence-electron chi connectivity index (χ2n) is 2.35. The van der Waals surface area contributed by atoms with E-state index in [0.717, 1.165) is 10.7 Å². The molecule has 0 saturated heterocycles. The second-order valence-corrected chi connectivity index (χ2v) is 9.39.